The number of hydrogen-bond donors (Lipinski definition) is 2. The number of benzene rings is 2. The fourth-order valence-electron chi connectivity index (χ4n) is 2.77. The Hall–Kier alpha value is -2.38. The number of nitrogens with one attached hydrogen (secondary N) is 2. The fraction of sp³-hybridized carbons (Fsp3) is 0.381. The van der Waals surface area contributed by atoms with Gasteiger partial charge in [-0.05, 0) is 63.4 Å². The maximum Gasteiger partial charge on any atom is 0.241 e. The van der Waals surface area contributed by atoms with Crippen molar-refractivity contribution in [1.29, 1.82) is 0 Å². The largest absolute Gasteiger partial charge is 0.496 e. The summed E-state index contributed by atoms with van der Waals surface area (Å²) in [6.07, 6.45) is 0.247. The van der Waals surface area contributed by atoms with Gasteiger partial charge in [-0.3, -0.25) is 4.79 Å². The summed E-state index contributed by atoms with van der Waals surface area (Å²) in [6, 6.07) is 13.0. The van der Waals surface area contributed by atoms with Crippen LogP contribution >= 0.6 is 0 Å². The van der Waals surface area contributed by atoms with E-state index < -0.39 is 21.6 Å². The molecule has 0 saturated carbocycles. The van der Waals surface area contributed by atoms with Gasteiger partial charge in [-0.1, -0.05) is 30.3 Å². The van der Waals surface area contributed by atoms with Crippen LogP contribution in [0.1, 0.15) is 31.9 Å². The molecule has 152 valence electrons. The van der Waals surface area contributed by atoms with E-state index in [1.54, 1.807) is 13.0 Å². The SMILES string of the molecule is COc1ccc(S(=O)(=O)NC(Cc2ccccc2)C(=O)NC(C)(C)C)cc1C. The third-order valence-corrected chi connectivity index (χ3v) is 5.54. The van der Waals surface area contributed by atoms with Crippen molar-refractivity contribution in [3.05, 3.63) is 59.7 Å². The van der Waals surface area contributed by atoms with E-state index in [0.29, 0.717) is 11.3 Å². The molecule has 0 aromatic heterocycles. The van der Waals surface area contributed by atoms with Crippen molar-refractivity contribution in [2.45, 2.75) is 50.6 Å². The first kappa shape index (κ1) is 21.9. The topological polar surface area (TPSA) is 84.5 Å². The van der Waals surface area contributed by atoms with E-state index in [-0.39, 0.29) is 17.2 Å². The summed E-state index contributed by atoms with van der Waals surface area (Å²) < 4.78 is 33.6. The Morgan fingerprint density at radius 1 is 1.11 bits per heavy atom. The van der Waals surface area contributed by atoms with Crippen LogP contribution < -0.4 is 14.8 Å². The molecule has 1 amide bonds. The second-order valence-electron chi connectivity index (χ2n) is 7.73. The first-order valence-electron chi connectivity index (χ1n) is 9.05. The molecule has 0 bridgehead atoms. The quantitative estimate of drug-likeness (QED) is 0.743. The van der Waals surface area contributed by atoms with Gasteiger partial charge in [0.2, 0.25) is 15.9 Å². The van der Waals surface area contributed by atoms with Crippen LogP contribution in [-0.4, -0.2) is 33.0 Å². The molecular formula is C21H28N2O4S. The standard InChI is InChI=1S/C21H28N2O4S/c1-15-13-17(11-12-19(15)27-5)28(25,26)23-18(20(24)22-21(2,3)4)14-16-9-7-6-8-10-16/h6-13,18,23H,14H2,1-5H3,(H,22,24). The molecule has 1 atom stereocenters. The summed E-state index contributed by atoms with van der Waals surface area (Å²) in [6.45, 7) is 7.33. The lowest BCUT2D eigenvalue weighted by molar-refractivity contribution is -0.124. The Kier molecular flexibility index (Phi) is 6.85. The zero-order valence-electron chi connectivity index (χ0n) is 16.9. The van der Waals surface area contributed by atoms with Crippen molar-refractivity contribution in [2.24, 2.45) is 0 Å². The van der Waals surface area contributed by atoms with Crippen LogP contribution in [0, 0.1) is 6.92 Å². The van der Waals surface area contributed by atoms with Gasteiger partial charge in [-0.15, -0.1) is 0 Å². The predicted molar refractivity (Wildman–Crippen MR) is 110 cm³/mol. The van der Waals surface area contributed by atoms with Gasteiger partial charge >= 0.3 is 0 Å². The van der Waals surface area contributed by atoms with Gasteiger partial charge in [0.05, 0.1) is 12.0 Å². The lowest BCUT2D eigenvalue weighted by atomic mass is 10.0. The molecule has 7 heteroatoms. The Balaban J connectivity index is 2.31. The Labute approximate surface area is 167 Å². The lowest BCUT2D eigenvalue weighted by Gasteiger charge is -2.25. The smallest absolute Gasteiger partial charge is 0.241 e. The first-order valence-corrected chi connectivity index (χ1v) is 10.5. The third-order valence-electron chi connectivity index (χ3n) is 4.07. The average Bonchev–Trinajstić information content (AvgIpc) is 2.60. The molecule has 2 N–H and O–H groups in total. The number of aryl methyl sites for hydroxylation is 1. The van der Waals surface area contributed by atoms with Gasteiger partial charge in [0.1, 0.15) is 11.8 Å². The summed E-state index contributed by atoms with van der Waals surface area (Å²) in [5, 5.41) is 2.86. The summed E-state index contributed by atoms with van der Waals surface area (Å²) in [4.78, 5) is 12.9. The molecule has 0 aliphatic carbocycles. The molecule has 2 aromatic carbocycles. The van der Waals surface area contributed by atoms with Crippen LogP contribution in [0.5, 0.6) is 5.75 Å². The Bertz CT molecular complexity index is 919. The number of rotatable bonds is 7. The van der Waals surface area contributed by atoms with E-state index in [1.807, 2.05) is 51.1 Å². The summed E-state index contributed by atoms with van der Waals surface area (Å²) in [5.41, 5.74) is 1.09. The maximum atomic E-state index is 12.9. The number of sulfonamides is 1. The number of amides is 1. The Morgan fingerprint density at radius 2 is 1.75 bits per heavy atom. The molecule has 0 heterocycles. The maximum absolute atomic E-state index is 12.9. The predicted octanol–water partition coefficient (Wildman–Crippen LogP) is 2.81. The van der Waals surface area contributed by atoms with E-state index in [2.05, 4.69) is 10.0 Å². The molecule has 0 saturated heterocycles. The number of carbonyl (C=O) groups is 1. The second-order valence-corrected chi connectivity index (χ2v) is 9.45. The van der Waals surface area contributed by atoms with Gasteiger partial charge < -0.3 is 10.1 Å². The summed E-state index contributed by atoms with van der Waals surface area (Å²) in [5.74, 6) is 0.232. The van der Waals surface area contributed by atoms with Gasteiger partial charge in [-0.25, -0.2) is 8.42 Å². The van der Waals surface area contributed by atoms with Crippen molar-refractivity contribution in [2.75, 3.05) is 7.11 Å². The van der Waals surface area contributed by atoms with Crippen LogP contribution in [0.4, 0.5) is 0 Å². The molecule has 0 aliphatic rings. The van der Waals surface area contributed by atoms with Crippen molar-refractivity contribution >= 4 is 15.9 Å². The molecule has 0 aliphatic heterocycles. The summed E-state index contributed by atoms with van der Waals surface area (Å²) >= 11 is 0. The molecule has 0 spiro atoms. The van der Waals surface area contributed by atoms with E-state index in [4.69, 9.17) is 4.74 Å². The lowest BCUT2D eigenvalue weighted by Crippen LogP contribution is -2.52. The minimum Gasteiger partial charge on any atom is -0.496 e. The molecule has 0 radical (unpaired) electrons. The van der Waals surface area contributed by atoms with Crippen LogP contribution in [-0.2, 0) is 21.2 Å². The van der Waals surface area contributed by atoms with Crippen LogP contribution in [0.15, 0.2) is 53.4 Å². The van der Waals surface area contributed by atoms with E-state index in [0.717, 1.165) is 5.56 Å². The second kappa shape index (κ2) is 8.75. The van der Waals surface area contributed by atoms with Gasteiger partial charge in [0.25, 0.3) is 0 Å². The monoisotopic (exact) mass is 404 g/mol. The number of methoxy groups -OCH3 is 1. The highest BCUT2D eigenvalue weighted by Gasteiger charge is 2.28. The highest BCUT2D eigenvalue weighted by Crippen LogP contribution is 2.21. The van der Waals surface area contributed by atoms with Gasteiger partial charge in [0.15, 0.2) is 0 Å². The van der Waals surface area contributed by atoms with E-state index in [1.165, 1.54) is 19.2 Å². The van der Waals surface area contributed by atoms with Crippen molar-refractivity contribution < 1.29 is 17.9 Å². The van der Waals surface area contributed by atoms with Crippen molar-refractivity contribution in [3.63, 3.8) is 0 Å². The third kappa shape index (κ3) is 6.07. The highest BCUT2D eigenvalue weighted by molar-refractivity contribution is 7.89. The molecule has 2 aromatic rings. The van der Waals surface area contributed by atoms with Crippen LogP contribution in [0.2, 0.25) is 0 Å². The Morgan fingerprint density at radius 3 is 2.29 bits per heavy atom. The van der Waals surface area contributed by atoms with E-state index in [9.17, 15) is 13.2 Å². The highest BCUT2D eigenvalue weighted by atomic mass is 32.2. The van der Waals surface area contributed by atoms with Crippen molar-refractivity contribution in [3.8, 4) is 5.75 Å². The first-order chi connectivity index (χ1) is 13.0. The summed E-state index contributed by atoms with van der Waals surface area (Å²) in [7, 11) is -2.36. The number of hydrogen-bond acceptors (Lipinski definition) is 4. The van der Waals surface area contributed by atoms with Crippen LogP contribution in [0.25, 0.3) is 0 Å². The van der Waals surface area contributed by atoms with Crippen LogP contribution in [0.3, 0.4) is 0 Å². The van der Waals surface area contributed by atoms with E-state index >= 15 is 0 Å². The normalized spacial score (nSPS) is 13.0. The molecule has 6 nitrogen and oxygen atoms in total. The minimum atomic E-state index is -3.89. The molecule has 0 fully saturated rings. The molecular weight excluding hydrogens is 376 g/mol. The van der Waals surface area contributed by atoms with Crippen molar-refractivity contribution in [1.82, 2.24) is 10.0 Å². The fourth-order valence-corrected chi connectivity index (χ4v) is 4.05. The zero-order valence-corrected chi connectivity index (χ0v) is 17.8. The van der Waals surface area contributed by atoms with Gasteiger partial charge in [0, 0.05) is 5.54 Å². The zero-order chi connectivity index (χ0) is 20.9. The molecule has 28 heavy (non-hydrogen) atoms. The molecule has 2 rings (SSSR count). The number of carbonyl (C=O) groups excluding carboxylic acids is 1. The average molecular weight is 405 g/mol. The van der Waals surface area contributed by atoms with Gasteiger partial charge in [-0.2, -0.15) is 4.72 Å². The minimum absolute atomic E-state index is 0.0902. The number of ether oxygens (including phenoxy) is 1. The molecule has 1 unspecified atom stereocenters.